The average molecular weight is 386 g/mol. The lowest BCUT2D eigenvalue weighted by Gasteiger charge is -2.17. The molecule has 3 N–H and O–H groups in total. The molecule has 0 saturated heterocycles. The van der Waals surface area contributed by atoms with E-state index >= 15 is 0 Å². The van der Waals surface area contributed by atoms with E-state index < -0.39 is 29.6 Å². The van der Waals surface area contributed by atoms with Gasteiger partial charge in [0.1, 0.15) is 6.04 Å². The van der Waals surface area contributed by atoms with Crippen molar-refractivity contribution in [1.82, 2.24) is 5.32 Å². The summed E-state index contributed by atoms with van der Waals surface area (Å²) < 4.78 is 38.0. The zero-order valence-electron chi connectivity index (χ0n) is 14.7. The molecule has 3 aromatic carbocycles. The van der Waals surface area contributed by atoms with Gasteiger partial charge in [-0.15, -0.1) is 0 Å². The second-order valence-electron chi connectivity index (χ2n) is 6.35. The van der Waals surface area contributed by atoms with Gasteiger partial charge in [-0.3, -0.25) is 9.59 Å². The largest absolute Gasteiger partial charge is 0.416 e. The van der Waals surface area contributed by atoms with Crippen LogP contribution in [0.2, 0.25) is 0 Å². The van der Waals surface area contributed by atoms with Gasteiger partial charge in [0.15, 0.2) is 0 Å². The Hall–Kier alpha value is -3.35. The minimum absolute atomic E-state index is 0.00994. The number of benzene rings is 3. The standard InChI is InChI=1S/C21H17F3N2O2/c22-21(23,24)15-10-8-13(9-11-15)12-18(19(25)27)26-20(28)17-7-3-5-14-4-1-2-6-16(14)17/h1-11,18H,12H2,(H2,25,27)(H,26,28)/t18-/m0/s1. The molecule has 3 rings (SSSR count). The molecule has 0 heterocycles. The van der Waals surface area contributed by atoms with Crippen LogP contribution < -0.4 is 11.1 Å². The minimum Gasteiger partial charge on any atom is -0.368 e. The van der Waals surface area contributed by atoms with Crippen molar-refractivity contribution >= 4 is 22.6 Å². The van der Waals surface area contributed by atoms with Gasteiger partial charge in [-0.25, -0.2) is 0 Å². The maximum atomic E-state index is 12.7. The first-order chi connectivity index (χ1) is 13.3. The second-order valence-corrected chi connectivity index (χ2v) is 6.35. The molecule has 28 heavy (non-hydrogen) atoms. The lowest BCUT2D eigenvalue weighted by Crippen LogP contribution is -2.45. The van der Waals surface area contributed by atoms with Crippen molar-refractivity contribution in [3.8, 4) is 0 Å². The van der Waals surface area contributed by atoms with E-state index in [2.05, 4.69) is 5.32 Å². The maximum absolute atomic E-state index is 12.7. The molecule has 4 nitrogen and oxygen atoms in total. The maximum Gasteiger partial charge on any atom is 0.416 e. The molecular weight excluding hydrogens is 369 g/mol. The van der Waals surface area contributed by atoms with Crippen LogP contribution in [0.15, 0.2) is 66.7 Å². The van der Waals surface area contributed by atoms with Gasteiger partial charge < -0.3 is 11.1 Å². The molecule has 144 valence electrons. The molecular formula is C21H17F3N2O2. The summed E-state index contributed by atoms with van der Waals surface area (Å²) in [6.07, 6.45) is -4.45. The van der Waals surface area contributed by atoms with Gasteiger partial charge in [0.05, 0.1) is 5.56 Å². The van der Waals surface area contributed by atoms with Gasteiger partial charge in [-0.05, 0) is 34.5 Å². The molecule has 1 atom stereocenters. The number of nitrogens with two attached hydrogens (primary N) is 1. The Labute approximate surface area is 159 Å². The molecule has 0 spiro atoms. The van der Waals surface area contributed by atoms with Crippen LogP contribution in [0, 0.1) is 0 Å². The van der Waals surface area contributed by atoms with Crippen LogP contribution in [0.1, 0.15) is 21.5 Å². The molecule has 0 fully saturated rings. The molecule has 0 radical (unpaired) electrons. The lowest BCUT2D eigenvalue weighted by molar-refractivity contribution is -0.137. The Morgan fingerprint density at radius 1 is 0.929 bits per heavy atom. The number of halogens is 3. The monoisotopic (exact) mass is 386 g/mol. The number of hydrogen-bond acceptors (Lipinski definition) is 2. The zero-order chi connectivity index (χ0) is 20.3. The third-order valence-electron chi connectivity index (χ3n) is 4.40. The van der Waals surface area contributed by atoms with Crippen LogP contribution in [0.3, 0.4) is 0 Å². The molecule has 0 bridgehead atoms. The number of nitrogens with one attached hydrogen (secondary N) is 1. The van der Waals surface area contributed by atoms with Gasteiger partial charge in [-0.1, -0.05) is 48.5 Å². The number of carbonyl (C=O) groups excluding carboxylic acids is 2. The van der Waals surface area contributed by atoms with E-state index in [0.29, 0.717) is 11.1 Å². The summed E-state index contributed by atoms with van der Waals surface area (Å²) in [5.74, 6) is -1.25. The van der Waals surface area contributed by atoms with E-state index in [0.717, 1.165) is 22.9 Å². The van der Waals surface area contributed by atoms with Crippen molar-refractivity contribution in [3.63, 3.8) is 0 Å². The Kier molecular flexibility index (Phi) is 5.35. The number of alkyl halides is 3. The van der Waals surface area contributed by atoms with Crippen LogP contribution in [0.5, 0.6) is 0 Å². The Morgan fingerprint density at radius 3 is 2.21 bits per heavy atom. The van der Waals surface area contributed by atoms with Crippen LogP contribution >= 0.6 is 0 Å². The number of fused-ring (bicyclic) bond motifs is 1. The van der Waals surface area contributed by atoms with E-state index in [1.165, 1.54) is 12.1 Å². The fraction of sp³-hybridized carbons (Fsp3) is 0.143. The normalized spacial score (nSPS) is 12.5. The van der Waals surface area contributed by atoms with E-state index in [9.17, 15) is 22.8 Å². The second kappa shape index (κ2) is 7.72. The highest BCUT2D eigenvalue weighted by molar-refractivity contribution is 6.08. The summed E-state index contributed by atoms with van der Waals surface area (Å²) in [6.45, 7) is 0. The smallest absolute Gasteiger partial charge is 0.368 e. The summed E-state index contributed by atoms with van der Waals surface area (Å²) in [7, 11) is 0. The highest BCUT2D eigenvalue weighted by atomic mass is 19.4. The van der Waals surface area contributed by atoms with Crippen molar-refractivity contribution in [2.45, 2.75) is 18.6 Å². The first kappa shape index (κ1) is 19.4. The molecule has 0 aliphatic rings. The van der Waals surface area contributed by atoms with Crippen LogP contribution in [-0.2, 0) is 17.4 Å². The van der Waals surface area contributed by atoms with Crippen molar-refractivity contribution in [1.29, 1.82) is 0 Å². The minimum atomic E-state index is -4.44. The van der Waals surface area contributed by atoms with E-state index in [1.54, 1.807) is 24.3 Å². The quantitative estimate of drug-likeness (QED) is 0.702. The predicted molar refractivity (Wildman–Crippen MR) is 99.5 cm³/mol. The summed E-state index contributed by atoms with van der Waals surface area (Å²) in [6, 6.07) is 15.9. The topological polar surface area (TPSA) is 72.2 Å². The third-order valence-corrected chi connectivity index (χ3v) is 4.40. The number of primary amides is 1. The van der Waals surface area contributed by atoms with Crippen molar-refractivity contribution in [2.24, 2.45) is 5.73 Å². The van der Waals surface area contributed by atoms with Crippen LogP contribution in [0.25, 0.3) is 10.8 Å². The fourth-order valence-electron chi connectivity index (χ4n) is 2.95. The lowest BCUT2D eigenvalue weighted by atomic mass is 10.0. The predicted octanol–water partition coefficient (Wildman–Crippen LogP) is 3.69. The van der Waals surface area contributed by atoms with E-state index in [4.69, 9.17) is 5.73 Å². The van der Waals surface area contributed by atoms with Gasteiger partial charge in [0, 0.05) is 12.0 Å². The van der Waals surface area contributed by atoms with Crippen molar-refractivity contribution in [3.05, 3.63) is 83.4 Å². The summed E-state index contributed by atoms with van der Waals surface area (Å²) >= 11 is 0. The first-order valence-electron chi connectivity index (χ1n) is 8.50. The molecule has 3 aromatic rings. The van der Waals surface area contributed by atoms with Crippen LogP contribution in [0.4, 0.5) is 13.2 Å². The molecule has 0 aromatic heterocycles. The summed E-state index contributed by atoms with van der Waals surface area (Å²) in [5, 5.41) is 4.17. The van der Waals surface area contributed by atoms with Crippen molar-refractivity contribution in [2.75, 3.05) is 0 Å². The number of rotatable bonds is 5. The first-order valence-corrected chi connectivity index (χ1v) is 8.50. The molecule has 0 aliphatic heterocycles. The molecule has 7 heteroatoms. The number of hydrogen-bond donors (Lipinski definition) is 2. The Bertz CT molecular complexity index is 1010. The van der Waals surface area contributed by atoms with Gasteiger partial charge in [0.2, 0.25) is 5.91 Å². The molecule has 0 unspecified atom stereocenters. The van der Waals surface area contributed by atoms with E-state index in [-0.39, 0.29) is 6.42 Å². The summed E-state index contributed by atoms with van der Waals surface area (Å²) in [5.41, 5.74) is 5.44. The highest BCUT2D eigenvalue weighted by Crippen LogP contribution is 2.29. The average Bonchev–Trinajstić information content (AvgIpc) is 2.66. The Morgan fingerprint density at radius 2 is 1.57 bits per heavy atom. The van der Waals surface area contributed by atoms with Gasteiger partial charge in [-0.2, -0.15) is 13.2 Å². The molecule has 2 amide bonds. The fourth-order valence-corrected chi connectivity index (χ4v) is 2.95. The Balaban J connectivity index is 1.79. The van der Waals surface area contributed by atoms with Crippen molar-refractivity contribution < 1.29 is 22.8 Å². The van der Waals surface area contributed by atoms with Crippen LogP contribution in [-0.4, -0.2) is 17.9 Å². The highest BCUT2D eigenvalue weighted by Gasteiger charge is 2.30. The van der Waals surface area contributed by atoms with E-state index in [1.807, 2.05) is 18.2 Å². The SMILES string of the molecule is NC(=O)[C@H](Cc1ccc(C(F)(F)F)cc1)NC(=O)c1cccc2ccccc12. The molecule has 0 saturated carbocycles. The number of amides is 2. The molecule has 0 aliphatic carbocycles. The zero-order valence-corrected chi connectivity index (χ0v) is 14.7. The third kappa shape index (κ3) is 4.31. The van der Waals surface area contributed by atoms with Gasteiger partial charge in [0.25, 0.3) is 5.91 Å². The van der Waals surface area contributed by atoms with Gasteiger partial charge >= 0.3 is 6.18 Å². The number of carbonyl (C=O) groups is 2. The summed E-state index contributed by atoms with van der Waals surface area (Å²) in [4.78, 5) is 24.5.